The summed E-state index contributed by atoms with van der Waals surface area (Å²) in [5.74, 6) is 0.847. The fourth-order valence-corrected chi connectivity index (χ4v) is 2.56. The van der Waals surface area contributed by atoms with Crippen LogP contribution < -0.4 is 10.6 Å². The number of benzene rings is 1. The van der Waals surface area contributed by atoms with Crippen molar-refractivity contribution in [1.82, 2.24) is 15.0 Å². The van der Waals surface area contributed by atoms with Gasteiger partial charge in [0.15, 0.2) is 5.75 Å². The van der Waals surface area contributed by atoms with Crippen molar-refractivity contribution in [3.63, 3.8) is 0 Å². The highest BCUT2D eigenvalue weighted by Gasteiger charge is 2.10. The summed E-state index contributed by atoms with van der Waals surface area (Å²) in [6.07, 6.45) is 3.42. The first kappa shape index (κ1) is 16.3. The summed E-state index contributed by atoms with van der Waals surface area (Å²) in [6.45, 7) is 0. The number of aromatic hydroxyl groups is 1. The molecule has 0 radical (unpaired) electrons. The highest BCUT2D eigenvalue weighted by atomic mass is 35.5. The van der Waals surface area contributed by atoms with Gasteiger partial charge in [0.05, 0.1) is 15.7 Å². The Morgan fingerprint density at radius 1 is 1.08 bits per heavy atom. The van der Waals surface area contributed by atoms with Crippen molar-refractivity contribution < 1.29 is 5.11 Å². The highest BCUT2D eigenvalue weighted by molar-refractivity contribution is 6.37. The number of anilines is 3. The number of hydrogen-bond donors (Lipinski definition) is 3. The van der Waals surface area contributed by atoms with Gasteiger partial charge in [-0.25, -0.2) is 4.98 Å². The Kier molecular flexibility index (Phi) is 4.69. The predicted octanol–water partition coefficient (Wildman–Crippen LogP) is 4.34. The van der Waals surface area contributed by atoms with Crippen LogP contribution in [0.5, 0.6) is 5.75 Å². The van der Waals surface area contributed by atoms with E-state index in [9.17, 15) is 5.11 Å². The van der Waals surface area contributed by atoms with Gasteiger partial charge in [-0.3, -0.25) is 4.98 Å². The van der Waals surface area contributed by atoms with E-state index in [0.717, 1.165) is 5.56 Å². The van der Waals surface area contributed by atoms with E-state index in [4.69, 9.17) is 23.2 Å². The Morgan fingerprint density at radius 2 is 1.83 bits per heavy atom. The minimum Gasteiger partial charge on any atom is -0.505 e. The lowest BCUT2D eigenvalue weighted by atomic mass is 10.2. The SMILES string of the molecule is CNc1nc(Nc2cc(Cl)c(O)c(Cl)c2)cc(-c2cccnc2)n1. The van der Waals surface area contributed by atoms with Crippen LogP contribution in [-0.2, 0) is 0 Å². The second-order valence-electron chi connectivity index (χ2n) is 4.87. The van der Waals surface area contributed by atoms with Crippen molar-refractivity contribution in [2.75, 3.05) is 17.7 Å². The van der Waals surface area contributed by atoms with Gasteiger partial charge < -0.3 is 15.7 Å². The van der Waals surface area contributed by atoms with Crippen LogP contribution in [0.3, 0.4) is 0 Å². The second-order valence-corrected chi connectivity index (χ2v) is 5.68. The molecule has 0 spiro atoms. The van der Waals surface area contributed by atoms with Crippen molar-refractivity contribution in [2.24, 2.45) is 0 Å². The first-order valence-corrected chi connectivity index (χ1v) is 7.74. The molecule has 0 amide bonds. The van der Waals surface area contributed by atoms with Gasteiger partial charge in [-0.1, -0.05) is 23.2 Å². The summed E-state index contributed by atoms with van der Waals surface area (Å²) in [5, 5.41) is 16.0. The average Bonchev–Trinajstić information content (AvgIpc) is 2.60. The Morgan fingerprint density at radius 3 is 2.46 bits per heavy atom. The number of nitrogens with one attached hydrogen (secondary N) is 2. The molecule has 2 heterocycles. The quantitative estimate of drug-likeness (QED) is 0.599. The van der Waals surface area contributed by atoms with Crippen molar-refractivity contribution in [3.8, 4) is 17.0 Å². The van der Waals surface area contributed by atoms with Crippen LogP contribution in [0.15, 0.2) is 42.7 Å². The molecule has 8 heteroatoms. The predicted molar refractivity (Wildman–Crippen MR) is 96.2 cm³/mol. The molecule has 3 aromatic rings. The van der Waals surface area contributed by atoms with Gasteiger partial charge in [0.1, 0.15) is 5.82 Å². The normalized spacial score (nSPS) is 10.5. The maximum Gasteiger partial charge on any atom is 0.224 e. The van der Waals surface area contributed by atoms with Gasteiger partial charge >= 0.3 is 0 Å². The number of pyridine rings is 1. The molecule has 24 heavy (non-hydrogen) atoms. The summed E-state index contributed by atoms with van der Waals surface area (Å²) >= 11 is 11.9. The van der Waals surface area contributed by atoms with Gasteiger partial charge in [-0.15, -0.1) is 0 Å². The fourth-order valence-electron chi connectivity index (χ4n) is 2.07. The number of nitrogens with zero attached hydrogens (tertiary/aromatic N) is 3. The minimum atomic E-state index is -0.154. The lowest BCUT2D eigenvalue weighted by molar-refractivity contribution is 0.476. The van der Waals surface area contributed by atoms with Crippen LogP contribution in [0.2, 0.25) is 10.0 Å². The summed E-state index contributed by atoms with van der Waals surface area (Å²) in [5.41, 5.74) is 2.17. The van der Waals surface area contributed by atoms with E-state index < -0.39 is 0 Å². The van der Waals surface area contributed by atoms with E-state index in [-0.39, 0.29) is 15.8 Å². The van der Waals surface area contributed by atoms with E-state index >= 15 is 0 Å². The second kappa shape index (κ2) is 6.90. The van der Waals surface area contributed by atoms with E-state index in [1.807, 2.05) is 12.1 Å². The van der Waals surface area contributed by atoms with Crippen LogP contribution >= 0.6 is 23.2 Å². The topological polar surface area (TPSA) is 83.0 Å². The largest absolute Gasteiger partial charge is 0.505 e. The fraction of sp³-hybridized carbons (Fsp3) is 0.0625. The van der Waals surface area contributed by atoms with Crippen LogP contribution in [0, 0.1) is 0 Å². The van der Waals surface area contributed by atoms with Crippen molar-refractivity contribution in [2.45, 2.75) is 0 Å². The van der Waals surface area contributed by atoms with Gasteiger partial charge in [0.25, 0.3) is 0 Å². The van der Waals surface area contributed by atoms with Crippen LogP contribution in [0.4, 0.5) is 17.5 Å². The van der Waals surface area contributed by atoms with Crippen molar-refractivity contribution >= 4 is 40.7 Å². The maximum atomic E-state index is 9.64. The summed E-state index contributed by atoms with van der Waals surface area (Å²) in [6, 6.07) is 8.66. The molecule has 0 aliphatic rings. The van der Waals surface area contributed by atoms with Crippen LogP contribution in [-0.4, -0.2) is 27.1 Å². The zero-order valence-corrected chi connectivity index (χ0v) is 14.1. The van der Waals surface area contributed by atoms with E-state index in [2.05, 4.69) is 25.6 Å². The molecule has 3 rings (SSSR count). The molecule has 2 aromatic heterocycles. The average molecular weight is 362 g/mol. The molecule has 0 atom stereocenters. The van der Waals surface area contributed by atoms with Gasteiger partial charge in [0.2, 0.25) is 5.95 Å². The lowest BCUT2D eigenvalue weighted by Crippen LogP contribution is -2.02. The molecule has 3 N–H and O–H groups in total. The number of phenolic OH excluding ortho intramolecular Hbond substituents is 1. The summed E-state index contributed by atoms with van der Waals surface area (Å²) in [4.78, 5) is 12.9. The van der Waals surface area contributed by atoms with E-state index in [1.54, 1.807) is 37.6 Å². The number of rotatable bonds is 4. The van der Waals surface area contributed by atoms with E-state index in [0.29, 0.717) is 23.1 Å². The minimum absolute atomic E-state index is 0.153. The zero-order chi connectivity index (χ0) is 17.1. The Hall–Kier alpha value is -2.57. The molecular formula is C16H13Cl2N5O. The molecule has 0 fully saturated rings. The lowest BCUT2D eigenvalue weighted by Gasteiger charge is -2.11. The molecule has 1 aromatic carbocycles. The molecule has 0 saturated heterocycles. The first-order chi connectivity index (χ1) is 11.6. The molecule has 0 aliphatic heterocycles. The standard InChI is InChI=1S/C16H13Cl2N5O/c1-19-16-22-13(9-3-2-4-20-8-9)7-14(23-16)21-10-5-11(17)15(24)12(18)6-10/h2-8,24H,1H3,(H2,19,21,22,23). The Bertz CT molecular complexity index is 851. The highest BCUT2D eigenvalue weighted by Crippen LogP contribution is 2.35. The summed E-state index contributed by atoms with van der Waals surface area (Å²) in [7, 11) is 1.74. The third kappa shape index (κ3) is 3.50. The molecular weight excluding hydrogens is 349 g/mol. The first-order valence-electron chi connectivity index (χ1n) is 6.99. The van der Waals surface area contributed by atoms with Gasteiger partial charge in [-0.05, 0) is 24.3 Å². The van der Waals surface area contributed by atoms with Crippen molar-refractivity contribution in [1.29, 1.82) is 0 Å². The van der Waals surface area contributed by atoms with Crippen LogP contribution in [0.1, 0.15) is 0 Å². The van der Waals surface area contributed by atoms with Gasteiger partial charge in [-0.2, -0.15) is 4.98 Å². The third-order valence-corrected chi connectivity index (χ3v) is 3.77. The molecule has 0 bridgehead atoms. The maximum absolute atomic E-state index is 9.64. The monoisotopic (exact) mass is 361 g/mol. The molecule has 6 nitrogen and oxygen atoms in total. The molecule has 0 aliphatic carbocycles. The number of halogens is 2. The number of phenols is 1. The van der Waals surface area contributed by atoms with E-state index in [1.165, 1.54) is 0 Å². The number of aromatic nitrogens is 3. The molecule has 0 saturated carbocycles. The Labute approximate surface area is 148 Å². The number of hydrogen-bond acceptors (Lipinski definition) is 6. The van der Waals surface area contributed by atoms with Gasteiger partial charge in [0, 0.05) is 36.8 Å². The van der Waals surface area contributed by atoms with Crippen LogP contribution in [0.25, 0.3) is 11.3 Å². The zero-order valence-electron chi connectivity index (χ0n) is 12.6. The smallest absolute Gasteiger partial charge is 0.224 e. The van der Waals surface area contributed by atoms with Crippen molar-refractivity contribution in [3.05, 3.63) is 52.8 Å². The molecule has 122 valence electrons. The Balaban J connectivity index is 1.99. The molecule has 0 unspecified atom stereocenters. The summed E-state index contributed by atoms with van der Waals surface area (Å²) < 4.78 is 0. The third-order valence-electron chi connectivity index (χ3n) is 3.20.